The van der Waals surface area contributed by atoms with Crippen LogP contribution in [-0.4, -0.2) is 8.42 Å². The van der Waals surface area contributed by atoms with Crippen molar-refractivity contribution in [1.29, 1.82) is 0 Å². The predicted molar refractivity (Wildman–Crippen MR) is 93.0 cm³/mol. The molecule has 0 aliphatic rings. The molecule has 0 radical (unpaired) electrons. The number of anilines is 2. The van der Waals surface area contributed by atoms with Crippen LogP contribution < -0.4 is 10.5 Å². The van der Waals surface area contributed by atoms with Crippen LogP contribution in [0.2, 0.25) is 0 Å². The highest BCUT2D eigenvalue weighted by molar-refractivity contribution is 9.10. The molecule has 2 rings (SSSR count). The molecule has 0 aromatic heterocycles. The van der Waals surface area contributed by atoms with E-state index in [-0.39, 0.29) is 4.90 Å². The molecule has 0 unspecified atom stereocenters. The first-order valence-corrected chi connectivity index (χ1v) is 9.12. The van der Waals surface area contributed by atoms with Crippen LogP contribution >= 0.6 is 31.9 Å². The molecule has 0 bridgehead atoms. The molecule has 3 N–H and O–H groups in total. The summed E-state index contributed by atoms with van der Waals surface area (Å²) in [6.07, 6.45) is 0. The summed E-state index contributed by atoms with van der Waals surface area (Å²) in [5.74, 6) is 0. The number of hydrogen-bond donors (Lipinski definition) is 2. The second kappa shape index (κ2) is 5.98. The zero-order valence-electron chi connectivity index (χ0n) is 11.4. The number of sulfonamides is 1. The number of nitrogen functional groups attached to an aromatic ring is 1. The quantitative estimate of drug-likeness (QED) is 0.712. The van der Waals surface area contributed by atoms with E-state index in [0.29, 0.717) is 15.8 Å². The monoisotopic (exact) mass is 432 g/mol. The van der Waals surface area contributed by atoms with Gasteiger partial charge in [-0.2, -0.15) is 0 Å². The average Bonchev–Trinajstić information content (AvgIpc) is 2.38. The maximum absolute atomic E-state index is 12.5. The van der Waals surface area contributed by atoms with E-state index in [1.54, 1.807) is 24.3 Å². The number of benzene rings is 2. The summed E-state index contributed by atoms with van der Waals surface area (Å²) in [7, 11) is -3.71. The van der Waals surface area contributed by atoms with Gasteiger partial charge in [0.25, 0.3) is 10.0 Å². The fraction of sp³-hybridized carbons (Fsp3) is 0.143. The minimum Gasteiger partial charge on any atom is -0.399 e. The third-order valence-corrected chi connectivity index (χ3v) is 6.56. The van der Waals surface area contributed by atoms with Gasteiger partial charge in [-0.3, -0.25) is 4.72 Å². The first kappa shape index (κ1) is 16.3. The lowest BCUT2D eigenvalue weighted by Crippen LogP contribution is -2.14. The van der Waals surface area contributed by atoms with E-state index in [2.05, 4.69) is 36.6 Å². The third kappa shape index (κ3) is 3.59. The summed E-state index contributed by atoms with van der Waals surface area (Å²) in [5.41, 5.74) is 8.49. The van der Waals surface area contributed by atoms with E-state index in [1.165, 1.54) is 6.07 Å². The van der Waals surface area contributed by atoms with E-state index in [1.807, 2.05) is 13.8 Å². The Morgan fingerprint density at radius 3 is 2.19 bits per heavy atom. The molecule has 0 spiro atoms. The summed E-state index contributed by atoms with van der Waals surface area (Å²) in [5, 5.41) is 0. The predicted octanol–water partition coefficient (Wildman–Crippen LogP) is 4.21. The van der Waals surface area contributed by atoms with Crippen LogP contribution in [0.5, 0.6) is 0 Å². The molecule has 0 aliphatic heterocycles. The van der Waals surface area contributed by atoms with Gasteiger partial charge in [0.2, 0.25) is 0 Å². The van der Waals surface area contributed by atoms with Crippen molar-refractivity contribution < 1.29 is 8.42 Å². The Labute approximate surface area is 141 Å². The van der Waals surface area contributed by atoms with Crippen LogP contribution in [0.25, 0.3) is 0 Å². The molecular weight excluding hydrogens is 420 g/mol. The number of halogens is 2. The summed E-state index contributed by atoms with van der Waals surface area (Å²) < 4.78 is 29.0. The summed E-state index contributed by atoms with van der Waals surface area (Å²) in [6, 6.07) is 8.22. The maximum Gasteiger partial charge on any atom is 0.263 e. The van der Waals surface area contributed by atoms with Crippen LogP contribution in [0.15, 0.2) is 44.2 Å². The summed E-state index contributed by atoms with van der Waals surface area (Å²) in [6.45, 7) is 3.82. The van der Waals surface area contributed by atoms with Crippen molar-refractivity contribution in [2.24, 2.45) is 0 Å². The molecule has 0 atom stereocenters. The van der Waals surface area contributed by atoms with Gasteiger partial charge in [-0.25, -0.2) is 8.42 Å². The van der Waals surface area contributed by atoms with Crippen LogP contribution in [0.3, 0.4) is 0 Å². The van der Waals surface area contributed by atoms with Crippen LogP contribution in [0.1, 0.15) is 11.1 Å². The van der Waals surface area contributed by atoms with Gasteiger partial charge in [0.1, 0.15) is 4.90 Å². The largest absolute Gasteiger partial charge is 0.399 e. The molecular formula is C14H14Br2N2O2S. The van der Waals surface area contributed by atoms with Gasteiger partial charge in [-0.15, -0.1) is 0 Å². The van der Waals surface area contributed by atoms with Gasteiger partial charge in [-0.05, 0) is 71.2 Å². The first-order valence-electron chi connectivity index (χ1n) is 6.05. The van der Waals surface area contributed by atoms with E-state index in [9.17, 15) is 8.42 Å². The lowest BCUT2D eigenvalue weighted by atomic mass is 10.1. The lowest BCUT2D eigenvalue weighted by Gasteiger charge is -2.12. The Balaban J connectivity index is 2.45. The van der Waals surface area contributed by atoms with Crippen molar-refractivity contribution in [3.63, 3.8) is 0 Å². The van der Waals surface area contributed by atoms with E-state index < -0.39 is 10.0 Å². The van der Waals surface area contributed by atoms with Crippen molar-refractivity contribution in [2.75, 3.05) is 10.5 Å². The average molecular weight is 434 g/mol. The van der Waals surface area contributed by atoms with Gasteiger partial charge >= 0.3 is 0 Å². The minimum atomic E-state index is -3.71. The topological polar surface area (TPSA) is 72.2 Å². The molecule has 0 heterocycles. The molecule has 112 valence electrons. The molecule has 21 heavy (non-hydrogen) atoms. The van der Waals surface area contributed by atoms with Crippen molar-refractivity contribution in [3.8, 4) is 0 Å². The molecule has 2 aromatic rings. The Kier molecular flexibility index (Phi) is 4.65. The van der Waals surface area contributed by atoms with Crippen molar-refractivity contribution >= 4 is 53.3 Å². The van der Waals surface area contributed by atoms with E-state index >= 15 is 0 Å². The van der Waals surface area contributed by atoms with Gasteiger partial charge in [0.15, 0.2) is 0 Å². The Bertz CT molecular complexity index is 782. The molecule has 0 amide bonds. The third-order valence-electron chi connectivity index (χ3n) is 2.93. The highest BCUT2D eigenvalue weighted by Gasteiger charge is 2.18. The normalized spacial score (nSPS) is 11.4. The van der Waals surface area contributed by atoms with E-state index in [4.69, 9.17) is 5.73 Å². The first-order chi connectivity index (χ1) is 9.70. The van der Waals surface area contributed by atoms with Gasteiger partial charge in [0, 0.05) is 20.3 Å². The fourth-order valence-corrected chi connectivity index (χ4v) is 4.21. The fourth-order valence-electron chi connectivity index (χ4n) is 1.94. The van der Waals surface area contributed by atoms with Crippen LogP contribution in [0, 0.1) is 13.8 Å². The Hall–Kier alpha value is -1.05. The second-order valence-electron chi connectivity index (χ2n) is 4.72. The number of aryl methyl sites for hydroxylation is 2. The summed E-state index contributed by atoms with van der Waals surface area (Å²) >= 11 is 6.70. The van der Waals surface area contributed by atoms with Gasteiger partial charge < -0.3 is 5.73 Å². The SMILES string of the molecule is Cc1cc(NS(=O)(=O)c2cc(N)ccc2Br)cc(C)c1Br. The lowest BCUT2D eigenvalue weighted by molar-refractivity contribution is 0.601. The molecule has 0 aliphatic carbocycles. The minimum absolute atomic E-state index is 0.112. The molecule has 0 saturated carbocycles. The maximum atomic E-state index is 12.5. The van der Waals surface area contributed by atoms with Crippen molar-refractivity contribution in [3.05, 3.63) is 50.4 Å². The zero-order chi connectivity index (χ0) is 15.8. The van der Waals surface area contributed by atoms with Crippen molar-refractivity contribution in [2.45, 2.75) is 18.7 Å². The van der Waals surface area contributed by atoms with Gasteiger partial charge in [-0.1, -0.05) is 15.9 Å². The van der Waals surface area contributed by atoms with E-state index in [0.717, 1.165) is 15.6 Å². The smallest absolute Gasteiger partial charge is 0.263 e. The molecule has 4 nitrogen and oxygen atoms in total. The second-order valence-corrected chi connectivity index (χ2v) is 8.02. The standard InChI is InChI=1S/C14H14Br2N2O2S/c1-8-5-11(6-9(2)14(8)16)18-21(19,20)13-7-10(17)3-4-12(13)15/h3-7,18H,17H2,1-2H3. The Morgan fingerprint density at radius 1 is 1.05 bits per heavy atom. The molecule has 0 saturated heterocycles. The molecule has 2 aromatic carbocycles. The number of hydrogen-bond acceptors (Lipinski definition) is 3. The number of nitrogens with one attached hydrogen (secondary N) is 1. The number of rotatable bonds is 3. The molecule has 7 heteroatoms. The highest BCUT2D eigenvalue weighted by Crippen LogP contribution is 2.29. The highest BCUT2D eigenvalue weighted by atomic mass is 79.9. The molecule has 0 fully saturated rings. The van der Waals surface area contributed by atoms with Crippen LogP contribution in [-0.2, 0) is 10.0 Å². The van der Waals surface area contributed by atoms with Gasteiger partial charge in [0.05, 0.1) is 0 Å². The van der Waals surface area contributed by atoms with Crippen LogP contribution in [0.4, 0.5) is 11.4 Å². The zero-order valence-corrected chi connectivity index (χ0v) is 15.4. The van der Waals surface area contributed by atoms with Crippen molar-refractivity contribution in [1.82, 2.24) is 0 Å². The number of nitrogens with two attached hydrogens (primary N) is 1. The summed E-state index contributed by atoms with van der Waals surface area (Å²) in [4.78, 5) is 0.112. The Morgan fingerprint density at radius 2 is 1.62 bits per heavy atom.